The topological polar surface area (TPSA) is 37.6 Å². The van der Waals surface area contributed by atoms with Crippen molar-refractivity contribution in [2.75, 3.05) is 0 Å². The van der Waals surface area contributed by atoms with Gasteiger partial charge in [-0.1, -0.05) is 6.07 Å². The average molecular weight is 198 g/mol. The molecule has 0 saturated heterocycles. The maximum atomic E-state index is 3.94. The fourth-order valence-electron chi connectivity index (χ4n) is 0.710. The summed E-state index contributed by atoms with van der Waals surface area (Å²) in [4.78, 5) is 3.94. The van der Waals surface area contributed by atoms with E-state index in [1.165, 1.54) is 0 Å². The first-order valence-corrected chi connectivity index (χ1v) is 3.64. The predicted molar refractivity (Wildman–Crippen MR) is 39.7 cm³/mol. The van der Waals surface area contributed by atoms with E-state index >= 15 is 0 Å². The van der Waals surface area contributed by atoms with Gasteiger partial charge in [-0.05, 0) is 22.0 Å². The van der Waals surface area contributed by atoms with Gasteiger partial charge in [-0.3, -0.25) is 4.98 Å². The van der Waals surface area contributed by atoms with Crippen LogP contribution in [0.4, 0.5) is 0 Å². The van der Waals surface area contributed by atoms with E-state index in [1.54, 1.807) is 12.4 Å². The summed E-state index contributed by atoms with van der Waals surface area (Å²) in [5.41, 5.74) is 0.981. The molecule has 0 N–H and O–H groups in total. The number of alkyl halides is 1. The smallest absolute Gasteiger partial charge is 0.264 e. The van der Waals surface area contributed by atoms with Crippen LogP contribution in [0.15, 0.2) is 34.8 Å². The van der Waals surface area contributed by atoms with Crippen molar-refractivity contribution in [3.05, 3.63) is 30.1 Å². The van der Waals surface area contributed by atoms with E-state index < -0.39 is 4.57 Å². The van der Waals surface area contributed by atoms with Crippen LogP contribution in [0.25, 0.3) is 0 Å². The van der Waals surface area contributed by atoms with Crippen LogP contribution < -0.4 is 0 Å². The number of aromatic nitrogens is 1. The van der Waals surface area contributed by atoms with Gasteiger partial charge in [0.2, 0.25) is 0 Å². The highest BCUT2D eigenvalue weighted by Crippen LogP contribution is 2.44. The molecule has 1 aliphatic heterocycles. The Hall–Kier alpha value is -0.770. The molecule has 0 aliphatic carbocycles. The third kappa shape index (κ3) is 0.844. The molecule has 0 amide bonds. The molecular weight excluding hydrogens is 194 g/mol. The van der Waals surface area contributed by atoms with Crippen LogP contribution in [0, 0.1) is 0 Å². The van der Waals surface area contributed by atoms with Crippen LogP contribution in [0.1, 0.15) is 5.56 Å². The molecule has 1 aromatic rings. The molecule has 0 radical (unpaired) electrons. The van der Waals surface area contributed by atoms with E-state index in [4.69, 9.17) is 0 Å². The molecule has 0 bridgehead atoms. The second-order valence-corrected chi connectivity index (χ2v) is 3.13. The number of rotatable bonds is 1. The molecule has 1 aliphatic rings. The summed E-state index contributed by atoms with van der Waals surface area (Å²) in [6.07, 6.45) is 3.47. The molecule has 0 fully saturated rings. The summed E-state index contributed by atoms with van der Waals surface area (Å²) in [5, 5.41) is 7.61. The summed E-state index contributed by atoms with van der Waals surface area (Å²) in [6, 6.07) is 3.80. The van der Waals surface area contributed by atoms with E-state index in [-0.39, 0.29) is 0 Å². The molecule has 0 saturated carbocycles. The van der Waals surface area contributed by atoms with Crippen molar-refractivity contribution >= 4 is 15.9 Å². The zero-order valence-electron chi connectivity index (χ0n) is 5.03. The number of hydrogen-bond donors (Lipinski definition) is 0. The lowest BCUT2D eigenvalue weighted by Gasteiger charge is -1.98. The Bertz CT molecular complexity index is 264. The second-order valence-electron chi connectivity index (χ2n) is 2.03. The Kier molecular flexibility index (Phi) is 1.11. The Morgan fingerprint density at radius 3 is 2.70 bits per heavy atom. The largest absolute Gasteiger partial charge is 0.270 e. The summed E-state index contributed by atoms with van der Waals surface area (Å²) < 4.78 is -0.457. The van der Waals surface area contributed by atoms with Gasteiger partial charge in [0, 0.05) is 18.0 Å². The standard InChI is InChI=1S/C6H4BrN3/c7-6(9-10-6)5-2-1-3-8-4-5/h1-4H. The van der Waals surface area contributed by atoms with Gasteiger partial charge in [0.25, 0.3) is 4.57 Å². The minimum Gasteiger partial charge on any atom is -0.264 e. The highest BCUT2D eigenvalue weighted by atomic mass is 79.9. The highest BCUT2D eigenvalue weighted by Gasteiger charge is 2.38. The first-order chi connectivity index (χ1) is 4.81. The van der Waals surface area contributed by atoms with E-state index in [1.807, 2.05) is 12.1 Å². The lowest BCUT2D eigenvalue weighted by Crippen LogP contribution is -1.96. The van der Waals surface area contributed by atoms with Crippen LogP contribution in [-0.4, -0.2) is 4.98 Å². The predicted octanol–water partition coefficient (Wildman–Crippen LogP) is 2.05. The minimum absolute atomic E-state index is 0.457. The molecule has 2 rings (SSSR count). The fraction of sp³-hybridized carbons (Fsp3) is 0.167. The Morgan fingerprint density at radius 2 is 2.20 bits per heavy atom. The van der Waals surface area contributed by atoms with E-state index in [0.717, 1.165) is 5.56 Å². The van der Waals surface area contributed by atoms with Crippen molar-refractivity contribution in [2.24, 2.45) is 10.2 Å². The lowest BCUT2D eigenvalue weighted by molar-refractivity contribution is 0.967. The summed E-state index contributed by atoms with van der Waals surface area (Å²) in [5.74, 6) is 0. The first-order valence-electron chi connectivity index (χ1n) is 2.85. The quantitative estimate of drug-likeness (QED) is 0.502. The van der Waals surface area contributed by atoms with Gasteiger partial charge in [0.1, 0.15) is 0 Å². The third-order valence-electron chi connectivity index (χ3n) is 1.30. The molecule has 50 valence electrons. The maximum Gasteiger partial charge on any atom is 0.270 e. The van der Waals surface area contributed by atoms with Crippen molar-refractivity contribution in [1.29, 1.82) is 0 Å². The van der Waals surface area contributed by atoms with E-state index in [0.29, 0.717) is 0 Å². The van der Waals surface area contributed by atoms with Crippen molar-refractivity contribution in [2.45, 2.75) is 4.57 Å². The summed E-state index contributed by atoms with van der Waals surface area (Å²) >= 11 is 3.32. The Morgan fingerprint density at radius 1 is 1.40 bits per heavy atom. The van der Waals surface area contributed by atoms with Crippen LogP contribution in [-0.2, 0) is 4.57 Å². The molecule has 0 spiro atoms. The Balaban J connectivity index is 2.36. The van der Waals surface area contributed by atoms with E-state index in [2.05, 4.69) is 31.1 Å². The van der Waals surface area contributed by atoms with Gasteiger partial charge in [0.15, 0.2) is 0 Å². The molecule has 4 heteroatoms. The van der Waals surface area contributed by atoms with Crippen LogP contribution >= 0.6 is 15.9 Å². The van der Waals surface area contributed by atoms with Crippen molar-refractivity contribution in [3.8, 4) is 0 Å². The van der Waals surface area contributed by atoms with Gasteiger partial charge < -0.3 is 0 Å². The molecule has 0 unspecified atom stereocenters. The SMILES string of the molecule is BrC1(c2cccnc2)N=N1. The van der Waals surface area contributed by atoms with Crippen LogP contribution in [0.5, 0.6) is 0 Å². The zero-order valence-corrected chi connectivity index (χ0v) is 6.62. The molecule has 1 aromatic heterocycles. The molecule has 10 heavy (non-hydrogen) atoms. The average Bonchev–Trinajstić information content (AvgIpc) is 2.72. The van der Waals surface area contributed by atoms with Gasteiger partial charge >= 0.3 is 0 Å². The van der Waals surface area contributed by atoms with Gasteiger partial charge in [-0.2, -0.15) is 0 Å². The number of pyridine rings is 1. The lowest BCUT2D eigenvalue weighted by atomic mass is 10.2. The summed E-state index contributed by atoms with van der Waals surface area (Å²) in [7, 11) is 0. The molecule has 0 aromatic carbocycles. The Labute approximate surface area is 66.3 Å². The van der Waals surface area contributed by atoms with Crippen molar-refractivity contribution in [1.82, 2.24) is 4.98 Å². The molecule has 0 atom stereocenters. The third-order valence-corrected chi connectivity index (χ3v) is 2.08. The van der Waals surface area contributed by atoms with Crippen molar-refractivity contribution in [3.63, 3.8) is 0 Å². The normalized spacial score (nSPS) is 18.9. The molecule has 3 nitrogen and oxygen atoms in total. The minimum atomic E-state index is -0.457. The number of nitrogens with zero attached hydrogens (tertiary/aromatic N) is 3. The van der Waals surface area contributed by atoms with Gasteiger partial charge in [-0.25, -0.2) is 0 Å². The van der Waals surface area contributed by atoms with Crippen LogP contribution in [0.3, 0.4) is 0 Å². The molecular formula is C6H4BrN3. The number of halogens is 1. The van der Waals surface area contributed by atoms with Gasteiger partial charge in [0.05, 0.1) is 0 Å². The second kappa shape index (κ2) is 1.85. The monoisotopic (exact) mass is 197 g/mol. The highest BCUT2D eigenvalue weighted by molar-refractivity contribution is 9.09. The summed E-state index contributed by atoms with van der Waals surface area (Å²) in [6.45, 7) is 0. The van der Waals surface area contributed by atoms with Gasteiger partial charge in [-0.15, -0.1) is 10.2 Å². The fourth-order valence-corrected chi connectivity index (χ4v) is 1.02. The first kappa shape index (κ1) is 5.97. The number of hydrogen-bond acceptors (Lipinski definition) is 3. The molecule has 2 heterocycles. The van der Waals surface area contributed by atoms with Crippen molar-refractivity contribution < 1.29 is 0 Å². The van der Waals surface area contributed by atoms with E-state index in [9.17, 15) is 0 Å². The maximum absolute atomic E-state index is 3.94. The van der Waals surface area contributed by atoms with Crippen LogP contribution in [0.2, 0.25) is 0 Å². The zero-order chi connectivity index (χ0) is 7.03.